The van der Waals surface area contributed by atoms with Crippen molar-refractivity contribution in [1.29, 1.82) is 0 Å². The van der Waals surface area contributed by atoms with Crippen molar-refractivity contribution in [1.82, 2.24) is 19.2 Å². The molecule has 3 aromatic heterocycles. The van der Waals surface area contributed by atoms with E-state index >= 15 is 0 Å². The minimum absolute atomic E-state index is 0.148. The van der Waals surface area contributed by atoms with Gasteiger partial charge in [0.2, 0.25) is 0 Å². The van der Waals surface area contributed by atoms with E-state index < -0.39 is 0 Å². The second kappa shape index (κ2) is 5.67. The molecule has 0 saturated carbocycles. The van der Waals surface area contributed by atoms with Crippen molar-refractivity contribution < 1.29 is 9.53 Å². The number of esters is 1. The number of aromatic nitrogens is 4. The number of ether oxygens (including phenoxy) is 1. The minimum atomic E-state index is -0.382. The first-order valence-electron chi connectivity index (χ1n) is 7.67. The van der Waals surface area contributed by atoms with Crippen LogP contribution < -0.4 is 5.32 Å². The highest BCUT2D eigenvalue weighted by atomic mass is 16.5. The maximum atomic E-state index is 11.8. The molecule has 0 saturated heterocycles. The summed E-state index contributed by atoms with van der Waals surface area (Å²) in [7, 11) is 3.24. The van der Waals surface area contributed by atoms with Crippen LogP contribution in [0.15, 0.2) is 30.6 Å². The fourth-order valence-electron chi connectivity index (χ4n) is 2.55. The number of anilines is 1. The van der Waals surface area contributed by atoms with E-state index in [-0.39, 0.29) is 11.5 Å². The Balaban J connectivity index is 2.23. The van der Waals surface area contributed by atoms with Crippen LogP contribution in [0.5, 0.6) is 0 Å². The first-order valence-corrected chi connectivity index (χ1v) is 7.67. The highest BCUT2D eigenvalue weighted by molar-refractivity contribution is 5.91. The Morgan fingerprint density at radius 1 is 1.29 bits per heavy atom. The summed E-state index contributed by atoms with van der Waals surface area (Å²) in [5.41, 5.74) is 2.66. The summed E-state index contributed by atoms with van der Waals surface area (Å²) < 4.78 is 8.49. The van der Waals surface area contributed by atoms with Crippen LogP contribution in [0, 0.1) is 0 Å². The van der Waals surface area contributed by atoms with Crippen molar-refractivity contribution in [2.45, 2.75) is 26.3 Å². The number of imidazole rings is 1. The molecule has 0 aliphatic heterocycles. The Labute approximate surface area is 140 Å². The minimum Gasteiger partial charge on any atom is -0.465 e. The zero-order chi connectivity index (χ0) is 17.5. The molecule has 7 nitrogen and oxygen atoms in total. The smallest absolute Gasteiger partial charge is 0.338 e. The van der Waals surface area contributed by atoms with Crippen molar-refractivity contribution in [3.05, 3.63) is 36.2 Å². The zero-order valence-electron chi connectivity index (χ0n) is 14.5. The number of methoxy groups -OCH3 is 1. The van der Waals surface area contributed by atoms with Crippen LogP contribution in [-0.4, -0.2) is 37.8 Å². The van der Waals surface area contributed by atoms with E-state index in [2.05, 4.69) is 31.2 Å². The highest BCUT2D eigenvalue weighted by Crippen LogP contribution is 2.30. The van der Waals surface area contributed by atoms with Gasteiger partial charge in [-0.3, -0.25) is 9.08 Å². The molecule has 0 atom stereocenters. The molecule has 0 unspecified atom stereocenters. The van der Waals surface area contributed by atoms with Gasteiger partial charge in [0.1, 0.15) is 17.2 Å². The number of rotatable bonds is 3. The maximum absolute atomic E-state index is 11.8. The zero-order valence-corrected chi connectivity index (χ0v) is 14.5. The molecule has 0 amide bonds. The lowest BCUT2D eigenvalue weighted by molar-refractivity contribution is 0.0600. The Morgan fingerprint density at radius 3 is 2.62 bits per heavy atom. The van der Waals surface area contributed by atoms with Gasteiger partial charge < -0.3 is 10.1 Å². The number of carbonyl (C=O) groups is 1. The molecule has 1 N–H and O–H groups in total. The quantitative estimate of drug-likeness (QED) is 0.749. The van der Waals surface area contributed by atoms with Gasteiger partial charge in [-0.2, -0.15) is 5.10 Å². The molecule has 126 valence electrons. The molecule has 3 rings (SSSR count). The van der Waals surface area contributed by atoms with Crippen LogP contribution in [0.1, 0.15) is 31.1 Å². The van der Waals surface area contributed by atoms with Crippen LogP contribution >= 0.6 is 0 Å². The van der Waals surface area contributed by atoms with E-state index in [1.807, 2.05) is 23.7 Å². The van der Waals surface area contributed by atoms with Crippen molar-refractivity contribution >= 4 is 17.4 Å². The van der Waals surface area contributed by atoms with E-state index in [0.717, 1.165) is 17.2 Å². The van der Waals surface area contributed by atoms with Gasteiger partial charge in [-0.25, -0.2) is 9.78 Å². The number of aryl methyl sites for hydroxylation is 1. The Morgan fingerprint density at radius 2 is 2.04 bits per heavy atom. The Bertz CT molecular complexity index is 901. The number of hydrogen-bond acceptors (Lipinski definition) is 5. The van der Waals surface area contributed by atoms with Gasteiger partial charge >= 0.3 is 5.97 Å². The molecule has 0 aliphatic carbocycles. The topological polar surface area (TPSA) is 73.5 Å². The normalized spacial score (nSPS) is 11.7. The predicted molar refractivity (Wildman–Crippen MR) is 92.1 cm³/mol. The molecule has 3 heterocycles. The van der Waals surface area contributed by atoms with Gasteiger partial charge in [0, 0.05) is 25.0 Å². The largest absolute Gasteiger partial charge is 0.465 e. The number of nitrogens with one attached hydrogen (secondary N) is 1. The monoisotopic (exact) mass is 327 g/mol. The summed E-state index contributed by atoms with van der Waals surface area (Å²) in [5, 5.41) is 7.72. The fraction of sp³-hybridized carbons (Fsp3) is 0.353. The predicted octanol–water partition coefficient (Wildman–Crippen LogP) is 2.73. The highest BCUT2D eigenvalue weighted by Gasteiger charge is 2.21. The van der Waals surface area contributed by atoms with E-state index in [9.17, 15) is 4.79 Å². The first kappa shape index (κ1) is 16.0. The van der Waals surface area contributed by atoms with Crippen molar-refractivity contribution in [2.24, 2.45) is 7.05 Å². The molecule has 0 radical (unpaired) electrons. The second-order valence-electron chi connectivity index (χ2n) is 6.66. The SMILES string of the molecule is COC(=O)c1ccn2c(NC(C)(C)C)c(-c3ccnn3C)nc2c1. The Kier molecular flexibility index (Phi) is 3.79. The molecular formula is C17H21N5O2. The number of nitrogens with zero attached hydrogens (tertiary/aromatic N) is 4. The average Bonchev–Trinajstić information content (AvgIpc) is 3.08. The summed E-state index contributed by atoms with van der Waals surface area (Å²) in [4.78, 5) is 16.5. The lowest BCUT2D eigenvalue weighted by Gasteiger charge is -2.22. The van der Waals surface area contributed by atoms with Crippen LogP contribution in [0.3, 0.4) is 0 Å². The van der Waals surface area contributed by atoms with Crippen molar-refractivity contribution in [2.75, 3.05) is 12.4 Å². The van der Waals surface area contributed by atoms with Gasteiger partial charge in [-0.1, -0.05) is 0 Å². The number of pyridine rings is 1. The molecule has 0 bridgehead atoms. The number of carbonyl (C=O) groups excluding carboxylic acids is 1. The van der Waals surface area contributed by atoms with E-state index in [4.69, 9.17) is 9.72 Å². The molecule has 0 aliphatic rings. The molecule has 7 heteroatoms. The molecule has 0 aromatic carbocycles. The molecule has 24 heavy (non-hydrogen) atoms. The summed E-state index contributed by atoms with van der Waals surface area (Å²) in [6, 6.07) is 5.36. The molecule has 3 aromatic rings. The van der Waals surface area contributed by atoms with E-state index in [1.54, 1.807) is 23.0 Å². The third-order valence-electron chi connectivity index (χ3n) is 3.60. The maximum Gasteiger partial charge on any atom is 0.338 e. The van der Waals surface area contributed by atoms with Gasteiger partial charge in [-0.05, 0) is 39.0 Å². The second-order valence-corrected chi connectivity index (χ2v) is 6.66. The lowest BCUT2D eigenvalue weighted by atomic mass is 10.1. The van der Waals surface area contributed by atoms with Crippen LogP contribution in [0.2, 0.25) is 0 Å². The number of hydrogen-bond donors (Lipinski definition) is 1. The van der Waals surface area contributed by atoms with Gasteiger partial charge in [0.15, 0.2) is 0 Å². The van der Waals surface area contributed by atoms with Gasteiger partial charge in [0.05, 0.1) is 18.4 Å². The summed E-state index contributed by atoms with van der Waals surface area (Å²) in [6.07, 6.45) is 3.56. The number of fused-ring (bicyclic) bond motifs is 1. The Hall–Kier alpha value is -2.83. The summed E-state index contributed by atoms with van der Waals surface area (Å²) >= 11 is 0. The summed E-state index contributed by atoms with van der Waals surface area (Å²) in [5.74, 6) is 0.477. The van der Waals surface area contributed by atoms with Crippen LogP contribution in [-0.2, 0) is 11.8 Å². The van der Waals surface area contributed by atoms with Crippen LogP contribution in [0.4, 0.5) is 5.82 Å². The fourth-order valence-corrected chi connectivity index (χ4v) is 2.55. The van der Waals surface area contributed by atoms with Gasteiger partial charge in [0.25, 0.3) is 0 Å². The average molecular weight is 327 g/mol. The van der Waals surface area contributed by atoms with E-state index in [0.29, 0.717) is 11.2 Å². The molecule has 0 spiro atoms. The molecular weight excluding hydrogens is 306 g/mol. The van der Waals surface area contributed by atoms with Gasteiger partial charge in [-0.15, -0.1) is 0 Å². The molecule has 0 fully saturated rings. The standard InChI is InChI=1S/C17H21N5O2/c1-17(2,3)20-15-14(12-6-8-18-21(12)4)19-13-10-11(16(23)24-5)7-9-22(13)15/h6-10,20H,1-5H3. The first-order chi connectivity index (χ1) is 11.3. The van der Waals surface area contributed by atoms with E-state index in [1.165, 1.54) is 7.11 Å². The van der Waals surface area contributed by atoms with Crippen molar-refractivity contribution in [3.8, 4) is 11.4 Å². The lowest BCUT2D eigenvalue weighted by Crippen LogP contribution is -2.27. The third-order valence-corrected chi connectivity index (χ3v) is 3.60. The summed E-state index contributed by atoms with van der Waals surface area (Å²) in [6.45, 7) is 6.26. The van der Waals surface area contributed by atoms with Crippen LogP contribution in [0.25, 0.3) is 17.0 Å². The van der Waals surface area contributed by atoms with Crippen molar-refractivity contribution in [3.63, 3.8) is 0 Å². The third kappa shape index (κ3) is 2.84.